The summed E-state index contributed by atoms with van der Waals surface area (Å²) in [7, 11) is 0. The monoisotopic (exact) mass is 801 g/mol. The van der Waals surface area contributed by atoms with Crippen molar-refractivity contribution in [3.05, 3.63) is 258 Å². The maximum Gasteiger partial charge on any atom is 0.0725 e. The second-order valence-corrected chi connectivity index (χ2v) is 17.9. The van der Waals surface area contributed by atoms with E-state index in [4.69, 9.17) is 0 Å². The lowest BCUT2D eigenvalue weighted by molar-refractivity contribution is 0.660. The Morgan fingerprint density at radius 3 is 1.52 bits per heavy atom. The molecule has 1 heteroatoms. The Labute approximate surface area is 369 Å². The zero-order chi connectivity index (χ0) is 41.9. The molecule has 0 amide bonds. The van der Waals surface area contributed by atoms with Crippen LogP contribution in [0.5, 0.6) is 0 Å². The number of nitrogens with zero attached hydrogens (tertiary/aromatic N) is 1. The number of benzene rings is 10. The van der Waals surface area contributed by atoms with Crippen molar-refractivity contribution in [1.82, 2.24) is 0 Å². The second kappa shape index (κ2) is 13.4. The van der Waals surface area contributed by atoms with E-state index in [1.807, 2.05) is 0 Å². The van der Waals surface area contributed by atoms with Crippen molar-refractivity contribution < 1.29 is 0 Å². The standard InChI is InChI=1S/C62H43N/c1-61(2)53-27-10-5-20-46(53)49-38-37-43(39-58(49)61)63(42-35-33-41(34-36-42)45-25-15-18-40-17-3-4-19-44(40)45)59-32-14-9-23-50(59)51-26-16-31-57-60(51)52-24-8-13-30-56(52)62(57)54-28-11-6-21-47(54)48-22-7-12-29-55(48)62/h3-39H,1-2H3. The first-order valence-electron chi connectivity index (χ1n) is 22.2. The Morgan fingerprint density at radius 2 is 0.794 bits per heavy atom. The van der Waals surface area contributed by atoms with E-state index >= 15 is 0 Å². The summed E-state index contributed by atoms with van der Waals surface area (Å²) in [6.07, 6.45) is 0. The zero-order valence-corrected chi connectivity index (χ0v) is 35.3. The first-order valence-corrected chi connectivity index (χ1v) is 22.2. The van der Waals surface area contributed by atoms with Gasteiger partial charge in [-0.2, -0.15) is 0 Å². The Balaban J connectivity index is 1.04. The van der Waals surface area contributed by atoms with Crippen molar-refractivity contribution in [2.24, 2.45) is 0 Å². The lowest BCUT2D eigenvalue weighted by Gasteiger charge is -2.31. The van der Waals surface area contributed by atoms with Crippen LogP contribution >= 0.6 is 0 Å². The quantitative estimate of drug-likeness (QED) is 0.168. The Bertz CT molecular complexity index is 3440. The summed E-state index contributed by atoms with van der Waals surface area (Å²) in [4.78, 5) is 2.50. The highest BCUT2D eigenvalue weighted by Crippen LogP contribution is 2.64. The van der Waals surface area contributed by atoms with Gasteiger partial charge in [0.25, 0.3) is 0 Å². The summed E-state index contributed by atoms with van der Waals surface area (Å²) in [6, 6.07) is 84.0. The highest BCUT2D eigenvalue weighted by atomic mass is 15.1. The molecule has 0 saturated carbocycles. The summed E-state index contributed by atoms with van der Waals surface area (Å²) in [5, 5.41) is 2.51. The van der Waals surface area contributed by atoms with E-state index in [1.165, 1.54) is 99.8 Å². The van der Waals surface area contributed by atoms with Crippen LogP contribution in [0.3, 0.4) is 0 Å². The summed E-state index contributed by atoms with van der Waals surface area (Å²) in [5.74, 6) is 0. The van der Waals surface area contributed by atoms with E-state index in [0.717, 1.165) is 17.1 Å². The van der Waals surface area contributed by atoms with Crippen LogP contribution in [0.4, 0.5) is 17.1 Å². The van der Waals surface area contributed by atoms with Gasteiger partial charge in [0.2, 0.25) is 0 Å². The summed E-state index contributed by atoms with van der Waals surface area (Å²) < 4.78 is 0. The first-order chi connectivity index (χ1) is 31.0. The zero-order valence-electron chi connectivity index (χ0n) is 35.3. The highest BCUT2D eigenvalue weighted by Gasteiger charge is 2.52. The van der Waals surface area contributed by atoms with Gasteiger partial charge in [-0.25, -0.2) is 0 Å². The summed E-state index contributed by atoms with van der Waals surface area (Å²) in [6.45, 7) is 4.75. The molecule has 296 valence electrons. The van der Waals surface area contributed by atoms with E-state index in [2.05, 4.69) is 243 Å². The molecule has 0 unspecified atom stereocenters. The van der Waals surface area contributed by atoms with Crippen molar-refractivity contribution in [1.29, 1.82) is 0 Å². The Kier molecular flexibility index (Phi) is 7.64. The van der Waals surface area contributed by atoms with Gasteiger partial charge in [-0.15, -0.1) is 0 Å². The largest absolute Gasteiger partial charge is 0.310 e. The minimum Gasteiger partial charge on any atom is -0.310 e. The minimum absolute atomic E-state index is 0.141. The molecule has 10 aromatic rings. The molecular weight excluding hydrogens is 759 g/mol. The normalized spacial score (nSPS) is 14.1. The van der Waals surface area contributed by atoms with Crippen LogP contribution in [-0.4, -0.2) is 0 Å². The number of rotatable bonds is 5. The van der Waals surface area contributed by atoms with Crippen LogP contribution in [0.15, 0.2) is 224 Å². The minimum atomic E-state index is -0.415. The van der Waals surface area contributed by atoms with Crippen molar-refractivity contribution in [2.45, 2.75) is 24.7 Å². The molecule has 1 nitrogen and oxygen atoms in total. The number of para-hydroxylation sites is 1. The van der Waals surface area contributed by atoms with Gasteiger partial charge in [-0.05, 0) is 125 Å². The summed E-state index contributed by atoms with van der Waals surface area (Å²) in [5.41, 5.74) is 23.8. The Hall–Kier alpha value is -7.74. The second-order valence-electron chi connectivity index (χ2n) is 17.9. The maximum atomic E-state index is 2.50. The molecule has 13 rings (SSSR count). The lowest BCUT2D eigenvalue weighted by atomic mass is 9.70. The topological polar surface area (TPSA) is 3.24 Å². The van der Waals surface area contributed by atoms with Gasteiger partial charge in [-0.3, -0.25) is 0 Å². The van der Waals surface area contributed by atoms with Gasteiger partial charge >= 0.3 is 0 Å². The van der Waals surface area contributed by atoms with E-state index in [9.17, 15) is 0 Å². The molecule has 0 N–H and O–H groups in total. The van der Waals surface area contributed by atoms with Gasteiger partial charge in [0.05, 0.1) is 11.1 Å². The van der Waals surface area contributed by atoms with Crippen molar-refractivity contribution in [3.63, 3.8) is 0 Å². The van der Waals surface area contributed by atoms with Gasteiger partial charge in [-0.1, -0.05) is 208 Å². The lowest BCUT2D eigenvalue weighted by Crippen LogP contribution is -2.25. The molecule has 0 heterocycles. The fourth-order valence-corrected chi connectivity index (χ4v) is 11.8. The van der Waals surface area contributed by atoms with E-state index < -0.39 is 5.41 Å². The number of hydrogen-bond acceptors (Lipinski definition) is 1. The molecule has 63 heavy (non-hydrogen) atoms. The van der Waals surface area contributed by atoms with Crippen molar-refractivity contribution >= 4 is 27.8 Å². The molecule has 0 aromatic heterocycles. The van der Waals surface area contributed by atoms with E-state index in [-0.39, 0.29) is 5.41 Å². The van der Waals surface area contributed by atoms with Crippen molar-refractivity contribution in [2.75, 3.05) is 4.90 Å². The van der Waals surface area contributed by atoms with Crippen molar-refractivity contribution in [3.8, 4) is 55.6 Å². The molecule has 0 saturated heterocycles. The molecule has 10 aromatic carbocycles. The molecular formula is C62H43N. The molecule has 1 spiro atoms. The molecule has 0 aliphatic heterocycles. The smallest absolute Gasteiger partial charge is 0.0725 e. The molecule has 3 aliphatic rings. The third kappa shape index (κ3) is 4.94. The fourth-order valence-electron chi connectivity index (χ4n) is 11.8. The van der Waals surface area contributed by atoms with Gasteiger partial charge < -0.3 is 4.90 Å². The average Bonchev–Trinajstić information content (AvgIpc) is 3.90. The maximum absolute atomic E-state index is 2.50. The fraction of sp³-hybridized carbons (Fsp3) is 0.0645. The van der Waals surface area contributed by atoms with Crippen LogP contribution in [0, 0.1) is 0 Å². The number of fused-ring (bicyclic) bond motifs is 14. The van der Waals surface area contributed by atoms with Crippen LogP contribution in [0.1, 0.15) is 47.2 Å². The predicted molar refractivity (Wildman–Crippen MR) is 263 cm³/mol. The van der Waals surface area contributed by atoms with Crippen LogP contribution in [-0.2, 0) is 10.8 Å². The summed E-state index contributed by atoms with van der Waals surface area (Å²) >= 11 is 0. The first kappa shape index (κ1) is 36.0. The van der Waals surface area contributed by atoms with Gasteiger partial charge in [0.1, 0.15) is 0 Å². The third-order valence-electron chi connectivity index (χ3n) is 14.5. The average molecular weight is 802 g/mol. The third-order valence-corrected chi connectivity index (χ3v) is 14.5. The van der Waals surface area contributed by atoms with Gasteiger partial charge in [0.15, 0.2) is 0 Å². The molecule has 0 radical (unpaired) electrons. The van der Waals surface area contributed by atoms with Crippen LogP contribution in [0.25, 0.3) is 66.4 Å². The van der Waals surface area contributed by atoms with E-state index in [0.29, 0.717) is 0 Å². The number of hydrogen-bond donors (Lipinski definition) is 0. The van der Waals surface area contributed by atoms with Crippen LogP contribution < -0.4 is 4.90 Å². The Morgan fingerprint density at radius 1 is 0.317 bits per heavy atom. The highest BCUT2D eigenvalue weighted by molar-refractivity contribution is 6.03. The number of anilines is 3. The molecule has 3 aliphatic carbocycles. The van der Waals surface area contributed by atoms with Crippen LogP contribution in [0.2, 0.25) is 0 Å². The van der Waals surface area contributed by atoms with E-state index in [1.54, 1.807) is 0 Å². The van der Waals surface area contributed by atoms with Gasteiger partial charge in [0, 0.05) is 22.4 Å². The molecule has 0 fully saturated rings. The molecule has 0 atom stereocenters. The molecule has 0 bridgehead atoms. The predicted octanol–water partition coefficient (Wildman–Crippen LogP) is 16.3. The SMILES string of the molecule is CC1(C)c2ccccc2-c2ccc(N(c3ccc(-c4cccc5ccccc45)cc3)c3ccccc3-c3cccc4c3-c3ccccc3C43c4ccccc4-c4ccccc43)cc21.